The van der Waals surface area contributed by atoms with Gasteiger partial charge >= 0.3 is 5.97 Å². The topological polar surface area (TPSA) is 94.1 Å². The van der Waals surface area contributed by atoms with Crippen molar-refractivity contribution in [2.24, 2.45) is 0 Å². The highest BCUT2D eigenvalue weighted by Gasteiger charge is 2.19. The fourth-order valence-corrected chi connectivity index (χ4v) is 6.39. The van der Waals surface area contributed by atoms with Crippen LogP contribution in [0.5, 0.6) is 0 Å². The number of phosphoric acid groups is 1. The first-order valence-corrected chi connectivity index (χ1v) is 23.1. The Balaban J connectivity index is 4.47. The number of nitrogens with zero attached hydrogens (tertiary/aromatic N) is 1. The molecule has 314 valence electrons. The average Bonchev–Trinajstić information content (AvgIpc) is 3.12. The molecular weight excluding hydrogens is 697 g/mol. The van der Waals surface area contributed by atoms with Crippen LogP contribution in [0.15, 0.2) is 60.8 Å². The second-order valence-corrected chi connectivity index (χ2v) is 16.9. The number of quaternary nitrogens is 1. The van der Waals surface area contributed by atoms with Gasteiger partial charge in [0.2, 0.25) is 0 Å². The van der Waals surface area contributed by atoms with Crippen molar-refractivity contribution in [2.45, 2.75) is 168 Å². The Morgan fingerprint density at radius 1 is 0.574 bits per heavy atom. The van der Waals surface area contributed by atoms with Gasteiger partial charge in [0.25, 0.3) is 7.82 Å². The molecule has 0 heterocycles. The maximum Gasteiger partial charge on any atom is 0.331 e. The third kappa shape index (κ3) is 41.4. The Morgan fingerprint density at radius 2 is 1.02 bits per heavy atom. The van der Waals surface area contributed by atoms with Crippen molar-refractivity contribution < 1.29 is 37.3 Å². The highest BCUT2D eigenvalue weighted by Crippen LogP contribution is 2.38. The minimum absolute atomic E-state index is 0.000253. The number of carbonyl (C=O) groups is 1. The molecule has 54 heavy (non-hydrogen) atoms. The Morgan fingerprint density at radius 3 is 1.52 bits per heavy atom. The Kier molecular flexibility index (Phi) is 36.8. The highest BCUT2D eigenvalue weighted by atomic mass is 31.2. The van der Waals surface area contributed by atoms with Crippen molar-refractivity contribution in [3.05, 3.63) is 60.8 Å². The summed E-state index contributed by atoms with van der Waals surface area (Å²) in [6.07, 6.45) is 47.3. The Bertz CT molecular complexity index is 1050. The molecule has 0 aliphatic carbocycles. The van der Waals surface area contributed by atoms with Gasteiger partial charge in [-0.2, -0.15) is 0 Å². The molecule has 0 saturated carbocycles. The fourth-order valence-electron chi connectivity index (χ4n) is 5.66. The summed E-state index contributed by atoms with van der Waals surface area (Å²) in [6.45, 7) is 5.18. The Hall–Kier alpha value is -1.80. The molecule has 0 aliphatic heterocycles. The second-order valence-electron chi connectivity index (χ2n) is 15.5. The lowest BCUT2D eigenvalue weighted by atomic mass is 10.0. The lowest BCUT2D eigenvalue weighted by Crippen LogP contribution is -2.37. The van der Waals surface area contributed by atoms with Crippen molar-refractivity contribution in [3.8, 4) is 0 Å². The van der Waals surface area contributed by atoms with E-state index in [-0.39, 0.29) is 19.8 Å². The van der Waals surface area contributed by atoms with Gasteiger partial charge in [0.1, 0.15) is 19.3 Å². The van der Waals surface area contributed by atoms with Gasteiger partial charge in [-0.05, 0) is 19.3 Å². The van der Waals surface area contributed by atoms with E-state index in [1.54, 1.807) is 12.2 Å². The van der Waals surface area contributed by atoms with Gasteiger partial charge in [0.05, 0.1) is 34.4 Å². The lowest BCUT2D eigenvalue weighted by molar-refractivity contribution is -0.870. The molecule has 0 amide bonds. The monoisotopic (exact) mass is 780 g/mol. The molecule has 9 heteroatoms. The van der Waals surface area contributed by atoms with Crippen LogP contribution in [-0.2, 0) is 27.9 Å². The van der Waals surface area contributed by atoms with Crippen molar-refractivity contribution in [1.82, 2.24) is 0 Å². The molecule has 0 fully saturated rings. The third-order valence-corrected chi connectivity index (χ3v) is 9.99. The number of hydrogen-bond acceptors (Lipinski definition) is 7. The SMILES string of the molecule is CCCCCCCCC/C=C/C=C/C=C/C=C/C=C/C(=O)OC(COCCCCCCCCCCCCCCCCC)COP(=O)([O-])OCC[N+](C)(C)C. The van der Waals surface area contributed by atoms with Gasteiger partial charge in [0, 0.05) is 12.7 Å². The number of hydrogen-bond donors (Lipinski definition) is 0. The predicted octanol–water partition coefficient (Wildman–Crippen LogP) is 11.9. The molecular formula is C45H82NO7P. The van der Waals surface area contributed by atoms with E-state index in [9.17, 15) is 14.3 Å². The molecule has 2 unspecified atom stereocenters. The van der Waals surface area contributed by atoms with E-state index in [4.69, 9.17) is 18.5 Å². The van der Waals surface area contributed by atoms with E-state index < -0.39 is 19.9 Å². The summed E-state index contributed by atoms with van der Waals surface area (Å²) in [7, 11) is 1.27. The lowest BCUT2D eigenvalue weighted by Gasteiger charge is -2.28. The van der Waals surface area contributed by atoms with Crippen LogP contribution in [0.2, 0.25) is 0 Å². The summed E-state index contributed by atoms with van der Waals surface area (Å²) in [4.78, 5) is 24.9. The van der Waals surface area contributed by atoms with E-state index in [1.807, 2.05) is 51.5 Å². The molecule has 0 saturated heterocycles. The molecule has 2 atom stereocenters. The number of carbonyl (C=O) groups excluding carboxylic acids is 1. The van der Waals surface area contributed by atoms with Crippen LogP contribution < -0.4 is 4.89 Å². The maximum atomic E-state index is 12.5. The smallest absolute Gasteiger partial charge is 0.331 e. The minimum Gasteiger partial charge on any atom is -0.756 e. The van der Waals surface area contributed by atoms with Crippen molar-refractivity contribution in [2.75, 3.05) is 54.1 Å². The molecule has 0 N–H and O–H groups in total. The van der Waals surface area contributed by atoms with Gasteiger partial charge in [-0.3, -0.25) is 4.57 Å². The number of unbranched alkanes of at least 4 members (excludes halogenated alkanes) is 21. The third-order valence-electron chi connectivity index (χ3n) is 9.03. The molecule has 0 rings (SSSR count). The zero-order valence-electron chi connectivity index (χ0n) is 35.4. The van der Waals surface area contributed by atoms with E-state index in [0.29, 0.717) is 17.6 Å². The van der Waals surface area contributed by atoms with Gasteiger partial charge in [-0.15, -0.1) is 0 Å². The van der Waals surface area contributed by atoms with Crippen LogP contribution in [0.1, 0.15) is 162 Å². The Labute approximate surface area is 332 Å². The summed E-state index contributed by atoms with van der Waals surface area (Å²) < 4.78 is 34.3. The van der Waals surface area contributed by atoms with Crippen LogP contribution in [0, 0.1) is 0 Å². The molecule has 0 radical (unpaired) electrons. The summed E-state index contributed by atoms with van der Waals surface area (Å²) in [5.41, 5.74) is 0. The molecule has 0 aromatic carbocycles. The van der Waals surface area contributed by atoms with Crippen LogP contribution >= 0.6 is 7.82 Å². The first-order chi connectivity index (χ1) is 26.1. The summed E-state index contributed by atoms with van der Waals surface area (Å²) in [5.74, 6) is -0.606. The zero-order valence-corrected chi connectivity index (χ0v) is 36.3. The predicted molar refractivity (Wildman–Crippen MR) is 226 cm³/mol. The van der Waals surface area contributed by atoms with E-state index in [1.165, 1.54) is 134 Å². The zero-order chi connectivity index (χ0) is 39.9. The largest absolute Gasteiger partial charge is 0.756 e. The standard InChI is InChI=1S/C45H82NO7P/c1-6-8-10-12-14-16-18-20-22-23-24-26-28-30-32-34-36-38-45(47)53-44(43-52-54(48,49)51-41-39-46(3,4)5)42-50-40-37-35-33-31-29-27-25-21-19-17-15-13-11-9-7-2/h22-24,26,28,30,32,34,36,38,44H,6-21,25,27,29,31,33,35,37,39-43H2,1-5H3/b23-22+,26-24+,30-28+,34-32+,38-36+. The average molecular weight is 780 g/mol. The van der Waals surface area contributed by atoms with Crippen molar-refractivity contribution in [1.29, 1.82) is 0 Å². The molecule has 0 aromatic heterocycles. The van der Waals surface area contributed by atoms with Crippen molar-refractivity contribution >= 4 is 13.8 Å². The highest BCUT2D eigenvalue weighted by molar-refractivity contribution is 7.45. The van der Waals surface area contributed by atoms with E-state index >= 15 is 0 Å². The first-order valence-electron chi connectivity index (χ1n) is 21.6. The van der Waals surface area contributed by atoms with Gasteiger partial charge in [-0.1, -0.05) is 197 Å². The van der Waals surface area contributed by atoms with E-state index in [2.05, 4.69) is 26.0 Å². The number of likely N-dealkylation sites (N-methyl/N-ethyl adjacent to an activating group) is 1. The second kappa shape index (κ2) is 38.1. The molecule has 0 aliphatic rings. The maximum absolute atomic E-state index is 12.5. The molecule has 0 aromatic rings. The normalized spacial score (nSPS) is 14.4. The fraction of sp³-hybridized carbons (Fsp3) is 0.756. The van der Waals surface area contributed by atoms with Crippen LogP contribution in [-0.4, -0.2) is 70.7 Å². The molecule has 0 bridgehead atoms. The quantitative estimate of drug-likeness (QED) is 0.0153. The van der Waals surface area contributed by atoms with Gasteiger partial charge in [0.15, 0.2) is 0 Å². The minimum atomic E-state index is -4.56. The summed E-state index contributed by atoms with van der Waals surface area (Å²) in [6, 6.07) is 0. The molecule has 0 spiro atoms. The number of allylic oxidation sites excluding steroid dienone is 9. The summed E-state index contributed by atoms with van der Waals surface area (Å²) >= 11 is 0. The van der Waals surface area contributed by atoms with Crippen LogP contribution in [0.3, 0.4) is 0 Å². The van der Waals surface area contributed by atoms with Gasteiger partial charge in [-0.25, -0.2) is 4.79 Å². The van der Waals surface area contributed by atoms with Crippen LogP contribution in [0.25, 0.3) is 0 Å². The van der Waals surface area contributed by atoms with Crippen molar-refractivity contribution in [3.63, 3.8) is 0 Å². The van der Waals surface area contributed by atoms with E-state index in [0.717, 1.165) is 19.3 Å². The number of esters is 1. The number of rotatable bonds is 39. The number of phosphoric ester groups is 1. The summed E-state index contributed by atoms with van der Waals surface area (Å²) in [5, 5.41) is 0. The van der Waals surface area contributed by atoms with Gasteiger partial charge < -0.3 is 27.9 Å². The van der Waals surface area contributed by atoms with Crippen LogP contribution in [0.4, 0.5) is 0 Å². The first kappa shape index (κ1) is 52.2. The number of ether oxygens (including phenoxy) is 2. The molecule has 8 nitrogen and oxygen atoms in total.